The third-order valence-corrected chi connectivity index (χ3v) is 5.15. The first-order chi connectivity index (χ1) is 11.5. The maximum atomic E-state index is 13.6. The Labute approximate surface area is 156 Å². The Morgan fingerprint density at radius 1 is 1.08 bits per heavy atom. The lowest BCUT2D eigenvalue weighted by atomic mass is 9.82. The normalized spacial score (nSPS) is 16.6. The van der Waals surface area contributed by atoms with Crippen LogP contribution in [0.2, 0.25) is 0 Å². The van der Waals surface area contributed by atoms with E-state index < -0.39 is 11.4 Å². The molecule has 1 amide bonds. The van der Waals surface area contributed by atoms with Gasteiger partial charge in [0, 0.05) is 27.7 Å². The molecule has 1 saturated heterocycles. The Balaban J connectivity index is 1.93. The van der Waals surface area contributed by atoms with Gasteiger partial charge in [0.1, 0.15) is 5.82 Å². The summed E-state index contributed by atoms with van der Waals surface area (Å²) in [6.07, 6.45) is 1.34. The molecule has 0 atom stereocenters. The Kier molecular flexibility index (Phi) is 5.37. The Morgan fingerprint density at radius 3 is 2.50 bits per heavy atom. The van der Waals surface area contributed by atoms with Gasteiger partial charge < -0.3 is 10.1 Å². The zero-order chi connectivity index (χ0) is 17.2. The molecule has 2 aromatic rings. The van der Waals surface area contributed by atoms with E-state index in [1.807, 2.05) is 24.3 Å². The molecule has 0 unspecified atom stereocenters. The summed E-state index contributed by atoms with van der Waals surface area (Å²) in [7, 11) is 0. The van der Waals surface area contributed by atoms with Crippen molar-refractivity contribution < 1.29 is 13.9 Å². The summed E-state index contributed by atoms with van der Waals surface area (Å²) >= 11 is 6.71. The fraction of sp³-hybridized carbons (Fsp3) is 0.278. The third-order valence-electron chi connectivity index (χ3n) is 4.20. The second-order valence-corrected chi connectivity index (χ2v) is 7.65. The lowest BCUT2D eigenvalue weighted by Crippen LogP contribution is -2.49. The molecule has 1 heterocycles. The number of rotatable bonds is 3. The van der Waals surface area contributed by atoms with Gasteiger partial charge in [-0.25, -0.2) is 4.39 Å². The van der Waals surface area contributed by atoms with Crippen molar-refractivity contribution in [1.82, 2.24) is 5.32 Å². The van der Waals surface area contributed by atoms with Crippen LogP contribution in [0, 0.1) is 5.82 Å². The number of carbonyl (C=O) groups is 1. The van der Waals surface area contributed by atoms with E-state index in [0.29, 0.717) is 36.1 Å². The summed E-state index contributed by atoms with van der Waals surface area (Å²) in [5, 5.41) is 3.12. The number of halogens is 3. The van der Waals surface area contributed by atoms with Gasteiger partial charge in [-0.3, -0.25) is 4.79 Å². The van der Waals surface area contributed by atoms with Gasteiger partial charge in [-0.1, -0.05) is 44.0 Å². The molecule has 0 spiro atoms. The number of carbonyl (C=O) groups excluding carboxylic acids is 1. The minimum absolute atomic E-state index is 0.294. The van der Waals surface area contributed by atoms with Crippen LogP contribution < -0.4 is 5.32 Å². The molecule has 1 fully saturated rings. The second kappa shape index (κ2) is 7.33. The predicted octanol–water partition coefficient (Wildman–Crippen LogP) is 4.79. The van der Waals surface area contributed by atoms with Crippen molar-refractivity contribution in [3.63, 3.8) is 0 Å². The Bertz CT molecular complexity index is 740. The highest BCUT2D eigenvalue weighted by Gasteiger charge is 2.36. The molecule has 0 bridgehead atoms. The molecule has 1 N–H and O–H groups in total. The van der Waals surface area contributed by atoms with Crippen LogP contribution >= 0.6 is 31.9 Å². The molecule has 3 nitrogen and oxygen atoms in total. The van der Waals surface area contributed by atoms with Crippen molar-refractivity contribution >= 4 is 37.8 Å². The fourth-order valence-electron chi connectivity index (χ4n) is 2.97. The van der Waals surface area contributed by atoms with E-state index in [9.17, 15) is 9.18 Å². The topological polar surface area (TPSA) is 38.3 Å². The minimum atomic E-state index is -0.516. The van der Waals surface area contributed by atoms with Gasteiger partial charge in [0.2, 0.25) is 0 Å². The molecule has 3 rings (SSSR count). The minimum Gasteiger partial charge on any atom is -0.381 e. The highest BCUT2D eigenvalue weighted by atomic mass is 79.9. The summed E-state index contributed by atoms with van der Waals surface area (Å²) in [4.78, 5) is 12.7. The van der Waals surface area contributed by atoms with Crippen molar-refractivity contribution in [3.8, 4) is 0 Å². The molecule has 2 aromatic carbocycles. The van der Waals surface area contributed by atoms with E-state index >= 15 is 0 Å². The number of hydrogen-bond acceptors (Lipinski definition) is 2. The largest absolute Gasteiger partial charge is 0.381 e. The van der Waals surface area contributed by atoms with E-state index in [4.69, 9.17) is 4.74 Å². The van der Waals surface area contributed by atoms with Crippen LogP contribution in [-0.2, 0) is 10.3 Å². The molecule has 0 aliphatic carbocycles. The molecule has 0 radical (unpaired) electrons. The molecular weight excluding hydrogens is 441 g/mol. The van der Waals surface area contributed by atoms with Crippen molar-refractivity contribution in [3.05, 3.63) is 68.4 Å². The first-order valence-electron chi connectivity index (χ1n) is 7.61. The van der Waals surface area contributed by atoms with Gasteiger partial charge in [-0.2, -0.15) is 0 Å². The maximum Gasteiger partial charge on any atom is 0.252 e. The summed E-state index contributed by atoms with van der Waals surface area (Å²) in [5.41, 5.74) is 0.796. The number of amides is 1. The van der Waals surface area contributed by atoms with Gasteiger partial charge in [0.15, 0.2) is 0 Å². The van der Waals surface area contributed by atoms with Crippen LogP contribution in [0.5, 0.6) is 0 Å². The van der Waals surface area contributed by atoms with Gasteiger partial charge in [0.05, 0.1) is 5.54 Å². The Hall–Kier alpha value is -1.24. The zero-order valence-corrected chi connectivity index (χ0v) is 16.0. The van der Waals surface area contributed by atoms with Crippen LogP contribution in [0.1, 0.15) is 28.8 Å². The molecular formula is C18H16Br2FNO2. The van der Waals surface area contributed by atoms with E-state index in [-0.39, 0.29) is 5.91 Å². The first kappa shape index (κ1) is 17.6. The Morgan fingerprint density at radius 2 is 1.83 bits per heavy atom. The first-order valence-corrected chi connectivity index (χ1v) is 9.19. The smallest absolute Gasteiger partial charge is 0.252 e. The number of ether oxygens (including phenoxy) is 1. The molecule has 126 valence electrons. The second-order valence-electron chi connectivity index (χ2n) is 5.82. The molecule has 0 saturated carbocycles. The lowest BCUT2D eigenvalue weighted by molar-refractivity contribution is 0.0345. The van der Waals surface area contributed by atoms with Crippen LogP contribution in [-0.4, -0.2) is 19.1 Å². The monoisotopic (exact) mass is 455 g/mol. The van der Waals surface area contributed by atoms with E-state index in [2.05, 4.69) is 37.2 Å². The quantitative estimate of drug-likeness (QED) is 0.721. The number of hydrogen-bond donors (Lipinski definition) is 1. The summed E-state index contributed by atoms with van der Waals surface area (Å²) in [6.45, 7) is 1.14. The van der Waals surface area contributed by atoms with Crippen molar-refractivity contribution in [1.29, 1.82) is 0 Å². The van der Waals surface area contributed by atoms with E-state index in [1.165, 1.54) is 12.1 Å². The predicted molar refractivity (Wildman–Crippen MR) is 97.4 cm³/mol. The summed E-state index contributed by atoms with van der Waals surface area (Å²) in [6, 6.07) is 12.1. The summed E-state index contributed by atoms with van der Waals surface area (Å²) < 4.78 is 20.6. The van der Waals surface area contributed by atoms with Crippen LogP contribution in [0.15, 0.2) is 51.4 Å². The molecule has 1 aliphatic rings. The molecule has 6 heteroatoms. The van der Waals surface area contributed by atoms with Gasteiger partial charge in [-0.15, -0.1) is 0 Å². The van der Waals surface area contributed by atoms with Crippen LogP contribution in [0.3, 0.4) is 0 Å². The van der Waals surface area contributed by atoms with Crippen LogP contribution in [0.25, 0.3) is 0 Å². The van der Waals surface area contributed by atoms with E-state index in [1.54, 1.807) is 6.07 Å². The third kappa shape index (κ3) is 3.87. The zero-order valence-electron chi connectivity index (χ0n) is 12.8. The average molecular weight is 457 g/mol. The highest BCUT2D eigenvalue weighted by Crippen LogP contribution is 2.34. The standard InChI is InChI=1S/C18H16Br2FNO2/c19-14-3-1-2-13(10-14)18(4-6-24-7-5-18)22-17(23)12-8-15(20)11-16(21)9-12/h1-3,8-11H,4-7H2,(H,22,23). The number of benzene rings is 2. The van der Waals surface area contributed by atoms with Crippen molar-refractivity contribution in [2.75, 3.05) is 13.2 Å². The van der Waals surface area contributed by atoms with Crippen LogP contribution in [0.4, 0.5) is 4.39 Å². The van der Waals surface area contributed by atoms with Gasteiger partial charge >= 0.3 is 0 Å². The molecule has 1 aliphatic heterocycles. The fourth-order valence-corrected chi connectivity index (χ4v) is 3.83. The maximum absolute atomic E-state index is 13.6. The van der Waals surface area contributed by atoms with E-state index in [0.717, 1.165) is 10.0 Å². The highest BCUT2D eigenvalue weighted by molar-refractivity contribution is 9.10. The van der Waals surface area contributed by atoms with Gasteiger partial charge in [0.25, 0.3) is 5.91 Å². The van der Waals surface area contributed by atoms with Crippen molar-refractivity contribution in [2.45, 2.75) is 18.4 Å². The molecule has 24 heavy (non-hydrogen) atoms. The number of nitrogens with one attached hydrogen (secondary N) is 1. The average Bonchev–Trinajstić information content (AvgIpc) is 2.55. The SMILES string of the molecule is O=C(NC1(c2cccc(Br)c2)CCOCC1)c1cc(F)cc(Br)c1. The molecule has 0 aromatic heterocycles. The lowest BCUT2D eigenvalue weighted by Gasteiger charge is -2.38. The summed E-state index contributed by atoms with van der Waals surface area (Å²) in [5.74, 6) is -0.741. The van der Waals surface area contributed by atoms with Gasteiger partial charge in [-0.05, 0) is 48.7 Å². The van der Waals surface area contributed by atoms with Crippen molar-refractivity contribution in [2.24, 2.45) is 0 Å².